The van der Waals surface area contributed by atoms with E-state index in [1.54, 1.807) is 6.07 Å². The van der Waals surface area contributed by atoms with Gasteiger partial charge in [0.05, 0.1) is 0 Å². The van der Waals surface area contributed by atoms with Crippen LogP contribution in [0.2, 0.25) is 0 Å². The molecule has 0 saturated carbocycles. The third-order valence-corrected chi connectivity index (χ3v) is 3.92. The van der Waals surface area contributed by atoms with Crippen molar-refractivity contribution in [2.24, 2.45) is 21.8 Å². The fourth-order valence-electron chi connectivity index (χ4n) is 2.59. The normalized spacial score (nSPS) is 11.6. The highest BCUT2D eigenvalue weighted by molar-refractivity contribution is 5.97. The highest BCUT2D eigenvalue weighted by atomic mass is 35.5. The minimum absolute atomic E-state index is 0. The molecule has 0 aliphatic rings. The van der Waals surface area contributed by atoms with Gasteiger partial charge in [-0.05, 0) is 23.3 Å². The molecule has 4 N–H and O–H groups in total. The van der Waals surface area contributed by atoms with Gasteiger partial charge in [0.15, 0.2) is 11.6 Å². The van der Waals surface area contributed by atoms with Gasteiger partial charge in [0.1, 0.15) is 20.0 Å². The quantitative estimate of drug-likeness (QED) is 0.373. The summed E-state index contributed by atoms with van der Waals surface area (Å²) < 4.78 is 5.72. The summed E-state index contributed by atoms with van der Waals surface area (Å²) in [5.74, 6) is 1.69. The van der Waals surface area contributed by atoms with E-state index in [9.17, 15) is 0 Å². The number of hydrogen-bond donors (Lipinski definition) is 2. The molecule has 0 bridgehead atoms. The van der Waals surface area contributed by atoms with Crippen LogP contribution in [0.4, 0.5) is 0 Å². The van der Waals surface area contributed by atoms with Crippen LogP contribution in [0.15, 0.2) is 75.4 Å². The van der Waals surface area contributed by atoms with Crippen molar-refractivity contribution in [3.05, 3.63) is 72.0 Å². The third-order valence-electron chi connectivity index (χ3n) is 3.92. The van der Waals surface area contributed by atoms with Crippen molar-refractivity contribution in [2.45, 2.75) is 0 Å². The molecule has 1 heterocycles. The molecule has 8 heteroatoms. The van der Waals surface area contributed by atoms with Crippen molar-refractivity contribution >= 4 is 24.1 Å². The van der Waals surface area contributed by atoms with Gasteiger partial charge in [-0.2, -0.15) is 0 Å². The highest BCUT2D eigenvalue weighted by Crippen LogP contribution is 2.26. The van der Waals surface area contributed by atoms with Gasteiger partial charge in [0.2, 0.25) is 5.84 Å². The number of benzene rings is 2. The fourth-order valence-corrected chi connectivity index (χ4v) is 2.59. The molecule has 2 aromatic carbocycles. The van der Waals surface area contributed by atoms with E-state index in [0.29, 0.717) is 17.4 Å². The van der Waals surface area contributed by atoms with Gasteiger partial charge >= 0.3 is 0 Å². The Labute approximate surface area is 169 Å². The molecule has 0 spiro atoms. The van der Waals surface area contributed by atoms with Crippen molar-refractivity contribution in [1.82, 2.24) is 0 Å². The molecule has 0 atom stereocenters. The molecular weight excluding hydrogens is 380 g/mol. The van der Waals surface area contributed by atoms with Crippen LogP contribution in [0.3, 0.4) is 0 Å². The van der Waals surface area contributed by atoms with E-state index in [2.05, 4.69) is 15.1 Å². The van der Waals surface area contributed by atoms with Crippen molar-refractivity contribution < 1.29 is 14.1 Å². The predicted molar refractivity (Wildman–Crippen MR) is 112 cm³/mol. The van der Waals surface area contributed by atoms with E-state index >= 15 is 0 Å². The largest absolute Gasteiger partial charge is 0.453 e. The number of halogens is 1. The summed E-state index contributed by atoms with van der Waals surface area (Å²) in [5.41, 5.74) is 15.4. The maximum absolute atomic E-state index is 5.81. The van der Waals surface area contributed by atoms with Crippen LogP contribution in [-0.4, -0.2) is 25.9 Å². The summed E-state index contributed by atoms with van der Waals surface area (Å²) >= 11 is 0. The molecule has 0 aliphatic heterocycles. The lowest BCUT2D eigenvalue weighted by Crippen LogP contribution is -2.13. The monoisotopic (exact) mass is 400 g/mol. The Morgan fingerprint density at radius 3 is 1.79 bits per heavy atom. The van der Waals surface area contributed by atoms with Crippen LogP contribution in [0.25, 0.3) is 22.5 Å². The van der Waals surface area contributed by atoms with Gasteiger partial charge in [0, 0.05) is 11.1 Å². The van der Waals surface area contributed by atoms with Gasteiger partial charge in [-0.25, -0.2) is 0 Å². The summed E-state index contributed by atoms with van der Waals surface area (Å²) in [6.45, 7) is 0. The first-order valence-electron chi connectivity index (χ1n) is 8.17. The van der Waals surface area contributed by atoms with Gasteiger partial charge in [0.25, 0.3) is 0 Å². The molecule has 7 nitrogen and oxygen atoms in total. The Bertz CT molecular complexity index is 964. The van der Waals surface area contributed by atoms with E-state index in [0.717, 1.165) is 22.3 Å². The Balaban J connectivity index is 0.00000280. The number of oxime groups is 2. The van der Waals surface area contributed by atoms with Crippen molar-refractivity contribution in [3.8, 4) is 22.5 Å². The smallest absolute Gasteiger partial charge is 0.206 e. The zero-order valence-electron chi connectivity index (χ0n) is 15.5. The van der Waals surface area contributed by atoms with Crippen LogP contribution in [0.1, 0.15) is 11.3 Å². The number of rotatable bonds is 6. The molecule has 0 fully saturated rings. The number of furan rings is 1. The Morgan fingerprint density at radius 2 is 1.21 bits per heavy atom. The van der Waals surface area contributed by atoms with Gasteiger partial charge in [-0.3, -0.25) is 0 Å². The molecule has 0 radical (unpaired) electrons. The molecule has 1 aromatic heterocycles. The first kappa shape index (κ1) is 20.9. The number of nitrogens with zero attached hydrogens (tertiary/aromatic N) is 2. The molecule has 0 aliphatic carbocycles. The second kappa shape index (κ2) is 9.48. The van der Waals surface area contributed by atoms with Crippen molar-refractivity contribution in [3.63, 3.8) is 0 Å². The number of nitrogens with two attached hydrogens (primary N) is 2. The van der Waals surface area contributed by atoms with Crippen LogP contribution in [0, 0.1) is 0 Å². The summed E-state index contributed by atoms with van der Waals surface area (Å²) in [6, 6.07) is 19.4. The van der Waals surface area contributed by atoms with Crippen molar-refractivity contribution in [1.29, 1.82) is 0 Å². The number of amidine groups is 2. The average molecular weight is 401 g/mol. The highest BCUT2D eigenvalue weighted by Gasteiger charge is 2.09. The lowest BCUT2D eigenvalue weighted by molar-refractivity contribution is 0.212. The SMILES string of the molecule is CO/N=C(/N)c1ccc(-c2ccc(-c3ccc(/C(N)=N\OC)o3)cc2)cc1.Cl. The van der Waals surface area contributed by atoms with Crippen LogP contribution in [-0.2, 0) is 9.68 Å². The Kier molecular flexibility index (Phi) is 7.06. The zero-order chi connectivity index (χ0) is 19.2. The Hall–Kier alpha value is -3.45. The maximum Gasteiger partial charge on any atom is 0.206 e. The molecule has 146 valence electrons. The molecule has 3 aromatic rings. The topological polar surface area (TPSA) is 108 Å². The lowest BCUT2D eigenvalue weighted by atomic mass is 10.0. The van der Waals surface area contributed by atoms with Crippen LogP contribution < -0.4 is 11.5 Å². The van der Waals surface area contributed by atoms with Crippen LogP contribution in [0.5, 0.6) is 0 Å². The second-order valence-corrected chi connectivity index (χ2v) is 5.64. The molecule has 0 saturated heterocycles. The summed E-state index contributed by atoms with van der Waals surface area (Å²) in [4.78, 5) is 9.35. The molecule has 0 amide bonds. The maximum atomic E-state index is 5.81. The van der Waals surface area contributed by atoms with E-state index in [1.807, 2.05) is 54.6 Å². The van der Waals surface area contributed by atoms with Crippen LogP contribution >= 0.6 is 12.4 Å². The standard InChI is InChI=1S/C20H20N4O3.ClH/c1-25-23-19(21)16-9-5-14(6-10-16)13-3-7-15(8-4-13)17-11-12-18(27-17)20(22)24-26-2;/h3-12H,1-2H3,(H2,21,23)(H2,22,24);1H. The summed E-state index contributed by atoms with van der Waals surface area (Å²) in [7, 11) is 2.89. The minimum atomic E-state index is 0. The van der Waals surface area contributed by atoms with E-state index in [4.69, 9.17) is 20.7 Å². The predicted octanol–water partition coefficient (Wildman–Crippen LogP) is 3.57. The second-order valence-electron chi connectivity index (χ2n) is 5.64. The molecular formula is C20H21ClN4O3. The molecule has 0 unspecified atom stereocenters. The van der Waals surface area contributed by atoms with Gasteiger partial charge in [-0.1, -0.05) is 58.8 Å². The van der Waals surface area contributed by atoms with E-state index in [-0.39, 0.29) is 18.2 Å². The summed E-state index contributed by atoms with van der Waals surface area (Å²) in [5, 5.41) is 7.39. The summed E-state index contributed by atoms with van der Waals surface area (Å²) in [6.07, 6.45) is 0. The first-order chi connectivity index (χ1) is 13.1. The molecule has 3 rings (SSSR count). The average Bonchev–Trinajstić information content (AvgIpc) is 3.19. The first-order valence-corrected chi connectivity index (χ1v) is 8.17. The molecule has 28 heavy (non-hydrogen) atoms. The zero-order valence-corrected chi connectivity index (χ0v) is 16.3. The van der Waals surface area contributed by atoms with E-state index < -0.39 is 0 Å². The van der Waals surface area contributed by atoms with Gasteiger partial charge in [-0.15, -0.1) is 12.4 Å². The number of hydrogen-bond acceptors (Lipinski definition) is 5. The third kappa shape index (κ3) is 4.63. The fraction of sp³-hybridized carbons (Fsp3) is 0.100. The van der Waals surface area contributed by atoms with Crippen molar-refractivity contribution in [2.75, 3.05) is 14.2 Å². The Morgan fingerprint density at radius 1 is 0.714 bits per heavy atom. The van der Waals surface area contributed by atoms with Gasteiger partial charge < -0.3 is 25.6 Å². The minimum Gasteiger partial charge on any atom is -0.453 e. The lowest BCUT2D eigenvalue weighted by Gasteiger charge is -2.05. The van der Waals surface area contributed by atoms with E-state index in [1.165, 1.54) is 14.2 Å².